The Kier molecular flexibility index (Phi) is 3.37. The summed E-state index contributed by atoms with van der Waals surface area (Å²) in [6.07, 6.45) is 3.77. The highest BCUT2D eigenvalue weighted by molar-refractivity contribution is 7.22. The summed E-state index contributed by atoms with van der Waals surface area (Å²) in [4.78, 5) is 6.76. The summed E-state index contributed by atoms with van der Waals surface area (Å²) in [5.41, 5.74) is 1.06. The molecule has 0 saturated heterocycles. The summed E-state index contributed by atoms with van der Waals surface area (Å²) < 4.78 is 1.22. The van der Waals surface area contributed by atoms with E-state index in [4.69, 9.17) is 0 Å². The predicted molar refractivity (Wildman–Crippen MR) is 72.2 cm³/mol. The smallest absolute Gasteiger partial charge is 0.187 e. The molecule has 82 valence electrons. The van der Waals surface area contributed by atoms with Gasteiger partial charge in [-0.05, 0) is 12.1 Å². The average Bonchev–Trinajstić information content (AvgIpc) is 2.72. The zero-order valence-electron chi connectivity index (χ0n) is 9.10. The molecule has 2 aromatic rings. The number of thiazole rings is 1. The maximum Gasteiger partial charge on any atom is 0.187 e. The fourth-order valence-electron chi connectivity index (χ4n) is 1.54. The Hall–Kier alpha value is -1.61. The molecule has 0 aliphatic rings. The highest BCUT2D eigenvalue weighted by Gasteiger charge is 2.08. The summed E-state index contributed by atoms with van der Waals surface area (Å²) in [5.74, 6) is 0. The van der Waals surface area contributed by atoms with E-state index in [1.807, 2.05) is 30.4 Å². The number of fused-ring (bicyclic) bond motifs is 1. The maximum atomic E-state index is 4.60. The molecular formula is C13H14N2S. The number of hydrogen-bond donors (Lipinski definition) is 0. The van der Waals surface area contributed by atoms with Crippen molar-refractivity contribution < 1.29 is 0 Å². The molecule has 0 fully saturated rings. The Balaban J connectivity index is 2.36. The minimum atomic E-state index is 0.797. The molecule has 1 aromatic heterocycles. The SMILES string of the molecule is C=CCN(CC=C)c1nc2ccccc2s1. The van der Waals surface area contributed by atoms with E-state index in [9.17, 15) is 0 Å². The number of aromatic nitrogens is 1. The lowest BCUT2D eigenvalue weighted by atomic mass is 10.3. The minimum absolute atomic E-state index is 0.797. The lowest BCUT2D eigenvalue weighted by Gasteiger charge is -2.17. The van der Waals surface area contributed by atoms with Crippen LogP contribution in [0.5, 0.6) is 0 Å². The Labute approximate surface area is 99.5 Å². The molecule has 0 aliphatic heterocycles. The third-order valence-electron chi connectivity index (χ3n) is 2.25. The van der Waals surface area contributed by atoms with E-state index in [-0.39, 0.29) is 0 Å². The molecule has 0 bridgehead atoms. The lowest BCUT2D eigenvalue weighted by molar-refractivity contribution is 0.949. The standard InChI is InChI=1S/C13H14N2S/c1-3-9-15(10-4-2)13-14-11-7-5-6-8-12(11)16-13/h3-8H,1-2,9-10H2. The molecule has 16 heavy (non-hydrogen) atoms. The van der Waals surface area contributed by atoms with Crippen LogP contribution in [0.25, 0.3) is 10.2 Å². The van der Waals surface area contributed by atoms with Crippen LogP contribution in [-0.4, -0.2) is 18.1 Å². The topological polar surface area (TPSA) is 16.1 Å². The van der Waals surface area contributed by atoms with Gasteiger partial charge in [0.15, 0.2) is 5.13 Å². The first kappa shape index (κ1) is 10.9. The van der Waals surface area contributed by atoms with Gasteiger partial charge in [0, 0.05) is 13.1 Å². The van der Waals surface area contributed by atoms with Crippen LogP contribution >= 0.6 is 11.3 Å². The first-order valence-electron chi connectivity index (χ1n) is 5.17. The summed E-state index contributed by atoms with van der Waals surface area (Å²) in [5, 5.41) is 1.03. The molecule has 0 radical (unpaired) electrons. The highest BCUT2D eigenvalue weighted by atomic mass is 32.1. The fourth-order valence-corrected chi connectivity index (χ4v) is 2.52. The van der Waals surface area contributed by atoms with Crippen molar-refractivity contribution >= 4 is 26.7 Å². The van der Waals surface area contributed by atoms with Gasteiger partial charge in [-0.15, -0.1) is 13.2 Å². The van der Waals surface area contributed by atoms with E-state index < -0.39 is 0 Å². The summed E-state index contributed by atoms with van der Waals surface area (Å²) in [7, 11) is 0. The second-order valence-electron chi connectivity index (χ2n) is 3.45. The molecular weight excluding hydrogens is 216 g/mol. The van der Waals surface area contributed by atoms with Crippen molar-refractivity contribution in [3.63, 3.8) is 0 Å². The zero-order valence-corrected chi connectivity index (χ0v) is 9.91. The molecule has 0 aliphatic carbocycles. The van der Waals surface area contributed by atoms with Gasteiger partial charge in [-0.3, -0.25) is 0 Å². The first-order valence-corrected chi connectivity index (χ1v) is 5.99. The van der Waals surface area contributed by atoms with Gasteiger partial charge in [-0.1, -0.05) is 35.6 Å². The van der Waals surface area contributed by atoms with E-state index in [0.717, 1.165) is 23.7 Å². The summed E-state index contributed by atoms with van der Waals surface area (Å²) in [6, 6.07) is 8.18. The molecule has 0 saturated carbocycles. The van der Waals surface area contributed by atoms with Gasteiger partial charge in [0.05, 0.1) is 10.2 Å². The van der Waals surface area contributed by atoms with Crippen molar-refractivity contribution in [3.05, 3.63) is 49.6 Å². The van der Waals surface area contributed by atoms with Crippen LogP contribution in [-0.2, 0) is 0 Å². The van der Waals surface area contributed by atoms with Crippen LogP contribution in [0.3, 0.4) is 0 Å². The number of rotatable bonds is 5. The van der Waals surface area contributed by atoms with Crippen LogP contribution in [0.2, 0.25) is 0 Å². The largest absolute Gasteiger partial charge is 0.341 e. The van der Waals surface area contributed by atoms with E-state index in [1.54, 1.807) is 11.3 Å². The van der Waals surface area contributed by atoms with Gasteiger partial charge in [0.25, 0.3) is 0 Å². The second kappa shape index (κ2) is 4.94. The quantitative estimate of drug-likeness (QED) is 0.731. The summed E-state index contributed by atoms with van der Waals surface area (Å²) in [6.45, 7) is 9.12. The number of benzene rings is 1. The molecule has 0 spiro atoms. The van der Waals surface area contributed by atoms with Crippen LogP contribution < -0.4 is 4.90 Å². The van der Waals surface area contributed by atoms with E-state index >= 15 is 0 Å². The molecule has 0 unspecified atom stereocenters. The Morgan fingerprint density at radius 3 is 2.50 bits per heavy atom. The van der Waals surface area contributed by atoms with E-state index in [2.05, 4.69) is 29.1 Å². The summed E-state index contributed by atoms with van der Waals surface area (Å²) >= 11 is 1.70. The molecule has 0 N–H and O–H groups in total. The monoisotopic (exact) mass is 230 g/mol. The van der Waals surface area contributed by atoms with Crippen molar-refractivity contribution in [2.45, 2.75) is 0 Å². The fraction of sp³-hybridized carbons (Fsp3) is 0.154. The van der Waals surface area contributed by atoms with E-state index in [1.165, 1.54) is 4.70 Å². The third kappa shape index (κ3) is 2.14. The maximum absolute atomic E-state index is 4.60. The van der Waals surface area contributed by atoms with Crippen molar-refractivity contribution in [2.24, 2.45) is 0 Å². The second-order valence-corrected chi connectivity index (χ2v) is 4.46. The van der Waals surface area contributed by atoms with Crippen LogP contribution in [0.15, 0.2) is 49.6 Å². The van der Waals surface area contributed by atoms with Crippen molar-refractivity contribution in [3.8, 4) is 0 Å². The Morgan fingerprint density at radius 1 is 1.19 bits per heavy atom. The van der Waals surface area contributed by atoms with Gasteiger partial charge >= 0.3 is 0 Å². The molecule has 0 atom stereocenters. The first-order chi connectivity index (χ1) is 7.85. The lowest BCUT2D eigenvalue weighted by Crippen LogP contribution is -2.22. The number of anilines is 1. The highest BCUT2D eigenvalue weighted by Crippen LogP contribution is 2.28. The van der Waals surface area contributed by atoms with Crippen LogP contribution in [0.1, 0.15) is 0 Å². The van der Waals surface area contributed by atoms with Crippen LogP contribution in [0, 0.1) is 0 Å². The predicted octanol–water partition coefficient (Wildman–Crippen LogP) is 3.47. The molecule has 1 aromatic carbocycles. The van der Waals surface area contributed by atoms with Crippen molar-refractivity contribution in [2.75, 3.05) is 18.0 Å². The van der Waals surface area contributed by atoms with Gasteiger partial charge in [0.1, 0.15) is 0 Å². The molecule has 1 heterocycles. The van der Waals surface area contributed by atoms with Crippen molar-refractivity contribution in [1.29, 1.82) is 0 Å². The van der Waals surface area contributed by atoms with Gasteiger partial charge in [-0.25, -0.2) is 4.98 Å². The number of hydrogen-bond acceptors (Lipinski definition) is 3. The minimum Gasteiger partial charge on any atom is -0.341 e. The molecule has 0 amide bonds. The molecule has 2 nitrogen and oxygen atoms in total. The van der Waals surface area contributed by atoms with E-state index in [0.29, 0.717) is 0 Å². The zero-order chi connectivity index (χ0) is 11.4. The Morgan fingerprint density at radius 2 is 1.88 bits per heavy atom. The third-order valence-corrected chi connectivity index (χ3v) is 3.35. The van der Waals surface area contributed by atoms with Crippen molar-refractivity contribution in [1.82, 2.24) is 4.98 Å². The molecule has 2 rings (SSSR count). The van der Waals surface area contributed by atoms with Crippen LogP contribution in [0.4, 0.5) is 5.13 Å². The van der Waals surface area contributed by atoms with Gasteiger partial charge < -0.3 is 4.90 Å². The molecule has 3 heteroatoms. The normalized spacial score (nSPS) is 10.2. The van der Waals surface area contributed by atoms with Gasteiger partial charge in [0.2, 0.25) is 0 Å². The number of para-hydroxylation sites is 1. The van der Waals surface area contributed by atoms with Gasteiger partial charge in [-0.2, -0.15) is 0 Å². The average molecular weight is 230 g/mol. The number of nitrogens with zero attached hydrogens (tertiary/aromatic N) is 2. The Bertz CT molecular complexity index is 458.